The molecule has 122 valence electrons. The average molecular weight is 334 g/mol. The van der Waals surface area contributed by atoms with Crippen LogP contribution < -0.4 is 5.32 Å². The third kappa shape index (κ3) is 3.74. The zero-order valence-corrected chi connectivity index (χ0v) is 13.8. The van der Waals surface area contributed by atoms with Gasteiger partial charge >= 0.3 is 0 Å². The van der Waals surface area contributed by atoms with E-state index in [1.165, 1.54) is 0 Å². The standard InChI is InChI=1S/C17H20ClN3O2/c1-21-16(17(22)19-11-12-6-8-23-9-7-12)10-15(20-21)13-4-2-3-5-14(13)18/h2-5,10,12H,6-9,11H2,1H3,(H,19,22). The van der Waals surface area contributed by atoms with E-state index in [0.29, 0.717) is 28.9 Å². The molecule has 1 saturated heterocycles. The van der Waals surface area contributed by atoms with Crippen LogP contribution in [-0.4, -0.2) is 35.4 Å². The molecule has 1 fully saturated rings. The van der Waals surface area contributed by atoms with Gasteiger partial charge in [0, 0.05) is 32.4 Å². The van der Waals surface area contributed by atoms with E-state index in [0.717, 1.165) is 31.6 Å². The summed E-state index contributed by atoms with van der Waals surface area (Å²) < 4.78 is 6.93. The molecule has 3 rings (SSSR count). The largest absolute Gasteiger partial charge is 0.381 e. The second kappa shape index (κ2) is 7.15. The molecule has 1 amide bonds. The van der Waals surface area contributed by atoms with Gasteiger partial charge in [-0.1, -0.05) is 29.8 Å². The van der Waals surface area contributed by atoms with Gasteiger partial charge in [0.25, 0.3) is 5.91 Å². The van der Waals surface area contributed by atoms with E-state index in [1.54, 1.807) is 17.8 Å². The Morgan fingerprint density at radius 3 is 2.87 bits per heavy atom. The van der Waals surface area contributed by atoms with Crippen LogP contribution in [0.3, 0.4) is 0 Å². The van der Waals surface area contributed by atoms with Crippen LogP contribution in [0.4, 0.5) is 0 Å². The summed E-state index contributed by atoms with van der Waals surface area (Å²) >= 11 is 6.20. The molecule has 1 aliphatic heterocycles. The van der Waals surface area contributed by atoms with E-state index in [-0.39, 0.29) is 5.91 Å². The molecular formula is C17H20ClN3O2. The van der Waals surface area contributed by atoms with E-state index < -0.39 is 0 Å². The Balaban J connectivity index is 1.70. The molecule has 2 heterocycles. The number of hydrogen-bond acceptors (Lipinski definition) is 3. The van der Waals surface area contributed by atoms with Crippen LogP contribution >= 0.6 is 11.6 Å². The fourth-order valence-corrected chi connectivity index (χ4v) is 2.99. The van der Waals surface area contributed by atoms with Crippen LogP contribution in [-0.2, 0) is 11.8 Å². The van der Waals surface area contributed by atoms with Crippen LogP contribution in [0.15, 0.2) is 30.3 Å². The molecule has 1 aliphatic rings. The number of ether oxygens (including phenoxy) is 1. The van der Waals surface area contributed by atoms with Crippen LogP contribution in [0, 0.1) is 5.92 Å². The topological polar surface area (TPSA) is 56.2 Å². The van der Waals surface area contributed by atoms with E-state index in [1.807, 2.05) is 24.3 Å². The number of nitrogens with zero attached hydrogens (tertiary/aromatic N) is 2. The fourth-order valence-electron chi connectivity index (χ4n) is 2.76. The van der Waals surface area contributed by atoms with Gasteiger partial charge in [-0.05, 0) is 30.9 Å². The summed E-state index contributed by atoms with van der Waals surface area (Å²) in [5.41, 5.74) is 2.06. The number of nitrogens with one attached hydrogen (secondary N) is 1. The van der Waals surface area contributed by atoms with E-state index in [2.05, 4.69) is 10.4 Å². The van der Waals surface area contributed by atoms with Gasteiger partial charge in [0.15, 0.2) is 0 Å². The van der Waals surface area contributed by atoms with Crippen LogP contribution in [0.5, 0.6) is 0 Å². The van der Waals surface area contributed by atoms with E-state index >= 15 is 0 Å². The lowest BCUT2D eigenvalue weighted by Crippen LogP contribution is -2.33. The van der Waals surface area contributed by atoms with Crippen molar-refractivity contribution in [2.75, 3.05) is 19.8 Å². The number of aromatic nitrogens is 2. The van der Waals surface area contributed by atoms with Crippen molar-refractivity contribution >= 4 is 17.5 Å². The molecule has 0 spiro atoms. The first-order valence-corrected chi connectivity index (χ1v) is 8.18. The minimum atomic E-state index is -0.107. The normalized spacial score (nSPS) is 15.6. The van der Waals surface area contributed by atoms with Gasteiger partial charge in [-0.25, -0.2) is 0 Å². The molecule has 0 radical (unpaired) electrons. The Morgan fingerprint density at radius 1 is 1.39 bits per heavy atom. The second-order valence-electron chi connectivity index (χ2n) is 5.78. The van der Waals surface area contributed by atoms with Crippen LogP contribution in [0.25, 0.3) is 11.3 Å². The Labute approximate surface area is 140 Å². The number of halogens is 1. The maximum Gasteiger partial charge on any atom is 0.269 e. The quantitative estimate of drug-likeness (QED) is 0.936. The van der Waals surface area contributed by atoms with E-state index in [9.17, 15) is 4.79 Å². The summed E-state index contributed by atoms with van der Waals surface area (Å²) in [7, 11) is 1.77. The molecular weight excluding hydrogens is 314 g/mol. The highest BCUT2D eigenvalue weighted by Gasteiger charge is 2.18. The average Bonchev–Trinajstić information content (AvgIpc) is 2.96. The van der Waals surface area contributed by atoms with E-state index in [4.69, 9.17) is 16.3 Å². The van der Waals surface area contributed by atoms with Gasteiger partial charge in [0.1, 0.15) is 5.69 Å². The fraction of sp³-hybridized carbons (Fsp3) is 0.412. The number of hydrogen-bond donors (Lipinski definition) is 1. The maximum atomic E-state index is 12.4. The van der Waals surface area contributed by atoms with Crippen molar-refractivity contribution in [3.63, 3.8) is 0 Å². The van der Waals surface area contributed by atoms with Crippen molar-refractivity contribution in [1.82, 2.24) is 15.1 Å². The lowest BCUT2D eigenvalue weighted by Gasteiger charge is -2.22. The zero-order valence-electron chi connectivity index (χ0n) is 13.1. The molecule has 1 aromatic heterocycles. The third-order valence-corrected chi connectivity index (χ3v) is 4.48. The summed E-state index contributed by atoms with van der Waals surface area (Å²) in [5.74, 6) is 0.383. The highest BCUT2D eigenvalue weighted by molar-refractivity contribution is 6.33. The molecule has 23 heavy (non-hydrogen) atoms. The predicted molar refractivity (Wildman–Crippen MR) is 89.5 cm³/mol. The molecule has 1 aromatic carbocycles. The third-order valence-electron chi connectivity index (χ3n) is 4.15. The first kappa shape index (κ1) is 16.0. The smallest absolute Gasteiger partial charge is 0.269 e. The molecule has 6 heteroatoms. The van der Waals surface area contributed by atoms with Gasteiger partial charge in [-0.3, -0.25) is 9.48 Å². The number of aryl methyl sites for hydroxylation is 1. The van der Waals surface area contributed by atoms with Crippen molar-refractivity contribution in [1.29, 1.82) is 0 Å². The van der Waals surface area contributed by atoms with Gasteiger partial charge in [0.2, 0.25) is 0 Å². The molecule has 1 N–H and O–H groups in total. The molecule has 0 aliphatic carbocycles. The number of benzene rings is 1. The summed E-state index contributed by atoms with van der Waals surface area (Å²) in [5, 5.41) is 8.03. The second-order valence-corrected chi connectivity index (χ2v) is 6.19. The van der Waals surface area contributed by atoms with Crippen molar-refractivity contribution in [3.05, 3.63) is 41.0 Å². The van der Waals surface area contributed by atoms with Crippen LogP contribution in [0.2, 0.25) is 5.02 Å². The number of carbonyl (C=O) groups is 1. The van der Waals surface area contributed by atoms with Crippen molar-refractivity contribution in [3.8, 4) is 11.3 Å². The summed E-state index contributed by atoms with van der Waals surface area (Å²) in [6, 6.07) is 9.27. The molecule has 0 bridgehead atoms. The molecule has 0 atom stereocenters. The molecule has 2 aromatic rings. The summed E-state index contributed by atoms with van der Waals surface area (Å²) in [6.45, 7) is 2.24. The van der Waals surface area contributed by atoms with Crippen molar-refractivity contribution in [2.24, 2.45) is 13.0 Å². The number of rotatable bonds is 4. The Hall–Kier alpha value is -1.85. The SMILES string of the molecule is Cn1nc(-c2ccccc2Cl)cc1C(=O)NCC1CCOCC1. The van der Waals surface area contributed by atoms with Gasteiger partial charge in [0.05, 0.1) is 10.7 Å². The van der Waals surface area contributed by atoms with Gasteiger partial charge in [-0.2, -0.15) is 5.10 Å². The minimum Gasteiger partial charge on any atom is -0.381 e. The van der Waals surface area contributed by atoms with Crippen molar-refractivity contribution in [2.45, 2.75) is 12.8 Å². The molecule has 0 saturated carbocycles. The Bertz CT molecular complexity index is 693. The molecule has 5 nitrogen and oxygen atoms in total. The number of amides is 1. The number of carbonyl (C=O) groups excluding carboxylic acids is 1. The highest BCUT2D eigenvalue weighted by atomic mass is 35.5. The Kier molecular flexibility index (Phi) is 4.98. The Morgan fingerprint density at radius 2 is 2.13 bits per heavy atom. The lowest BCUT2D eigenvalue weighted by molar-refractivity contribution is 0.0641. The van der Waals surface area contributed by atoms with Crippen LogP contribution in [0.1, 0.15) is 23.3 Å². The lowest BCUT2D eigenvalue weighted by atomic mass is 10.0. The zero-order chi connectivity index (χ0) is 16.2. The maximum absolute atomic E-state index is 12.4. The first-order valence-electron chi connectivity index (χ1n) is 7.80. The first-order chi connectivity index (χ1) is 11.1. The minimum absolute atomic E-state index is 0.107. The highest BCUT2D eigenvalue weighted by Crippen LogP contribution is 2.26. The molecule has 0 unspecified atom stereocenters. The van der Waals surface area contributed by atoms with Crippen molar-refractivity contribution < 1.29 is 9.53 Å². The monoisotopic (exact) mass is 333 g/mol. The van der Waals surface area contributed by atoms with Gasteiger partial charge < -0.3 is 10.1 Å². The summed E-state index contributed by atoms with van der Waals surface area (Å²) in [6.07, 6.45) is 1.99. The summed E-state index contributed by atoms with van der Waals surface area (Å²) in [4.78, 5) is 12.4. The predicted octanol–water partition coefficient (Wildman–Crippen LogP) is 2.90. The van der Waals surface area contributed by atoms with Gasteiger partial charge in [-0.15, -0.1) is 0 Å².